The van der Waals surface area contributed by atoms with Gasteiger partial charge in [0.25, 0.3) is 5.91 Å². The number of methoxy groups -OCH3 is 1. The van der Waals surface area contributed by atoms with E-state index in [0.29, 0.717) is 18.7 Å². The molecule has 2 aromatic carbocycles. The number of anilines is 1. The number of piperazine rings is 1. The van der Waals surface area contributed by atoms with Gasteiger partial charge in [-0.1, -0.05) is 12.1 Å². The van der Waals surface area contributed by atoms with E-state index in [0.717, 1.165) is 54.9 Å². The Hall–Kier alpha value is -2.90. The molecular formula is C27H35FN4O2. The molecule has 0 radical (unpaired) electrons. The minimum atomic E-state index is -0.242. The van der Waals surface area contributed by atoms with Gasteiger partial charge >= 0.3 is 0 Å². The molecular weight excluding hydrogens is 431 g/mol. The monoisotopic (exact) mass is 466 g/mol. The van der Waals surface area contributed by atoms with Crippen molar-refractivity contribution in [3.8, 4) is 0 Å². The molecule has 1 aromatic heterocycles. The maximum Gasteiger partial charge on any atom is 0.254 e. The molecule has 1 amide bonds. The van der Waals surface area contributed by atoms with E-state index in [1.165, 1.54) is 23.4 Å². The summed E-state index contributed by atoms with van der Waals surface area (Å²) in [7, 11) is 5.83. The van der Waals surface area contributed by atoms with Crippen molar-refractivity contribution in [3.05, 3.63) is 64.6 Å². The van der Waals surface area contributed by atoms with Crippen LogP contribution in [0.5, 0.6) is 0 Å². The molecule has 0 unspecified atom stereocenters. The van der Waals surface area contributed by atoms with E-state index < -0.39 is 0 Å². The van der Waals surface area contributed by atoms with Crippen LogP contribution in [0, 0.1) is 19.7 Å². The van der Waals surface area contributed by atoms with Gasteiger partial charge in [0, 0.05) is 70.1 Å². The van der Waals surface area contributed by atoms with E-state index >= 15 is 0 Å². The number of fused-ring (bicyclic) bond motifs is 1. The van der Waals surface area contributed by atoms with Crippen molar-refractivity contribution in [2.45, 2.75) is 26.9 Å². The predicted octanol–water partition coefficient (Wildman–Crippen LogP) is 4.07. The summed E-state index contributed by atoms with van der Waals surface area (Å²) in [6.45, 7) is 9.43. The lowest BCUT2D eigenvalue weighted by atomic mass is 10.0. The fourth-order valence-electron chi connectivity index (χ4n) is 4.77. The molecule has 1 aliphatic heterocycles. The zero-order valence-electron chi connectivity index (χ0n) is 20.9. The summed E-state index contributed by atoms with van der Waals surface area (Å²) in [6.07, 6.45) is 0. The molecule has 0 aliphatic carbocycles. The summed E-state index contributed by atoms with van der Waals surface area (Å²) in [5.41, 5.74) is 6.17. The number of amides is 1. The Balaban J connectivity index is 1.79. The Morgan fingerprint density at radius 1 is 1.09 bits per heavy atom. The summed E-state index contributed by atoms with van der Waals surface area (Å²) in [5.74, 6) is -0.165. The first-order chi connectivity index (χ1) is 16.3. The first kappa shape index (κ1) is 24.2. The minimum Gasteiger partial charge on any atom is -0.383 e. The third kappa shape index (κ3) is 4.81. The predicted molar refractivity (Wildman–Crippen MR) is 135 cm³/mol. The van der Waals surface area contributed by atoms with Gasteiger partial charge in [-0.15, -0.1) is 0 Å². The van der Waals surface area contributed by atoms with Gasteiger partial charge in [-0.3, -0.25) is 4.79 Å². The molecule has 0 N–H and O–H groups in total. The van der Waals surface area contributed by atoms with Gasteiger partial charge in [-0.05, 0) is 56.3 Å². The fraction of sp³-hybridized carbons (Fsp3) is 0.444. The standard InChI is InChI=1S/C27H35FN4O2/c1-19-20(2)32(14-15-34-5)26-24(19)16-22(27(33)31-12-10-29(3)11-13-31)17-25(26)30(4)18-21-6-8-23(28)9-7-21/h6-9,16-17H,10-15,18H2,1-5H3. The van der Waals surface area contributed by atoms with Gasteiger partial charge in [-0.25, -0.2) is 4.39 Å². The van der Waals surface area contributed by atoms with Crippen molar-refractivity contribution in [1.29, 1.82) is 0 Å². The van der Waals surface area contributed by atoms with Gasteiger partial charge in [0.05, 0.1) is 17.8 Å². The lowest BCUT2D eigenvalue weighted by molar-refractivity contribution is 0.0664. The van der Waals surface area contributed by atoms with E-state index in [2.05, 4.69) is 41.3 Å². The van der Waals surface area contributed by atoms with Gasteiger partial charge in [0.2, 0.25) is 0 Å². The lowest BCUT2D eigenvalue weighted by Gasteiger charge is -2.32. The van der Waals surface area contributed by atoms with Gasteiger partial charge in [0.15, 0.2) is 0 Å². The Labute approximate surface area is 201 Å². The third-order valence-electron chi connectivity index (χ3n) is 7.01. The minimum absolute atomic E-state index is 0.0770. The second kappa shape index (κ2) is 10.2. The van der Waals surface area contributed by atoms with Crippen LogP contribution in [0.4, 0.5) is 10.1 Å². The van der Waals surface area contributed by atoms with Gasteiger partial charge < -0.3 is 24.0 Å². The summed E-state index contributed by atoms with van der Waals surface area (Å²) in [5, 5.41) is 1.09. The van der Waals surface area contributed by atoms with E-state index in [9.17, 15) is 9.18 Å². The summed E-state index contributed by atoms with van der Waals surface area (Å²) < 4.78 is 21.1. The molecule has 0 saturated carbocycles. The van der Waals surface area contributed by atoms with Crippen LogP contribution in [-0.2, 0) is 17.8 Å². The number of ether oxygens (including phenoxy) is 1. The molecule has 0 spiro atoms. The average Bonchev–Trinajstić information content (AvgIpc) is 3.08. The summed E-state index contributed by atoms with van der Waals surface area (Å²) in [6, 6.07) is 10.7. The number of halogens is 1. The normalized spacial score (nSPS) is 14.7. The molecule has 0 bridgehead atoms. The highest BCUT2D eigenvalue weighted by Crippen LogP contribution is 2.35. The highest BCUT2D eigenvalue weighted by molar-refractivity contribution is 6.04. The lowest BCUT2D eigenvalue weighted by Crippen LogP contribution is -2.47. The molecule has 1 fully saturated rings. The first-order valence-corrected chi connectivity index (χ1v) is 11.9. The smallest absolute Gasteiger partial charge is 0.254 e. The van der Waals surface area contributed by atoms with Crippen LogP contribution in [0.2, 0.25) is 0 Å². The third-order valence-corrected chi connectivity index (χ3v) is 7.01. The van der Waals surface area contributed by atoms with Crippen molar-refractivity contribution in [1.82, 2.24) is 14.4 Å². The summed E-state index contributed by atoms with van der Waals surface area (Å²) in [4.78, 5) is 19.9. The van der Waals surface area contributed by atoms with Gasteiger partial charge in [0.1, 0.15) is 5.82 Å². The maximum absolute atomic E-state index is 13.5. The highest BCUT2D eigenvalue weighted by atomic mass is 19.1. The fourth-order valence-corrected chi connectivity index (χ4v) is 4.77. The zero-order valence-corrected chi connectivity index (χ0v) is 20.9. The molecule has 7 heteroatoms. The molecule has 6 nitrogen and oxygen atoms in total. The molecule has 182 valence electrons. The quantitative estimate of drug-likeness (QED) is 0.527. The SMILES string of the molecule is COCCn1c(C)c(C)c2cc(C(=O)N3CCN(C)CC3)cc(N(C)Cc3ccc(F)cc3)c21. The molecule has 4 rings (SSSR count). The van der Waals surface area contributed by atoms with E-state index in [1.807, 2.05) is 30.1 Å². The van der Waals surface area contributed by atoms with Gasteiger partial charge in [-0.2, -0.15) is 0 Å². The Bertz CT molecular complexity index is 1160. The van der Waals surface area contributed by atoms with Crippen molar-refractivity contribution in [2.75, 3.05) is 58.9 Å². The average molecular weight is 467 g/mol. The molecule has 34 heavy (non-hydrogen) atoms. The second-order valence-corrected chi connectivity index (χ2v) is 9.32. The summed E-state index contributed by atoms with van der Waals surface area (Å²) >= 11 is 0. The van der Waals surface area contributed by atoms with Crippen LogP contribution in [-0.4, -0.2) is 74.3 Å². The van der Waals surface area contributed by atoms with Crippen LogP contribution in [0.25, 0.3) is 10.9 Å². The molecule has 2 heterocycles. The number of aromatic nitrogens is 1. The number of carbonyl (C=O) groups excluding carboxylic acids is 1. The van der Waals surface area contributed by atoms with Crippen LogP contribution in [0.1, 0.15) is 27.2 Å². The Morgan fingerprint density at radius 2 is 1.76 bits per heavy atom. The van der Waals surface area contributed by atoms with Crippen molar-refractivity contribution >= 4 is 22.5 Å². The maximum atomic E-state index is 13.5. The number of nitrogens with zero attached hydrogens (tertiary/aromatic N) is 4. The number of benzene rings is 2. The van der Waals surface area contributed by atoms with Crippen LogP contribution < -0.4 is 4.90 Å². The zero-order chi connectivity index (χ0) is 24.4. The molecule has 0 atom stereocenters. The van der Waals surface area contributed by atoms with Crippen molar-refractivity contribution < 1.29 is 13.9 Å². The molecule has 1 saturated heterocycles. The van der Waals surface area contributed by atoms with Crippen molar-refractivity contribution in [3.63, 3.8) is 0 Å². The largest absolute Gasteiger partial charge is 0.383 e. The number of hydrogen-bond acceptors (Lipinski definition) is 4. The molecule has 3 aromatic rings. The number of rotatable bonds is 7. The van der Waals surface area contributed by atoms with E-state index in [1.54, 1.807) is 7.11 Å². The van der Waals surface area contributed by atoms with Crippen LogP contribution in [0.15, 0.2) is 36.4 Å². The van der Waals surface area contributed by atoms with Crippen LogP contribution in [0.3, 0.4) is 0 Å². The highest BCUT2D eigenvalue weighted by Gasteiger charge is 2.24. The number of aryl methyl sites for hydroxylation is 1. The number of hydrogen-bond donors (Lipinski definition) is 0. The van der Waals surface area contributed by atoms with E-state index in [-0.39, 0.29) is 11.7 Å². The Morgan fingerprint density at radius 3 is 2.41 bits per heavy atom. The first-order valence-electron chi connectivity index (χ1n) is 11.9. The molecule has 1 aliphatic rings. The second-order valence-electron chi connectivity index (χ2n) is 9.32. The topological polar surface area (TPSA) is 41.0 Å². The number of carbonyl (C=O) groups is 1. The van der Waals surface area contributed by atoms with Crippen molar-refractivity contribution in [2.24, 2.45) is 0 Å². The van der Waals surface area contributed by atoms with E-state index in [4.69, 9.17) is 4.74 Å². The van der Waals surface area contributed by atoms with Crippen LogP contribution >= 0.6 is 0 Å². The Kier molecular flexibility index (Phi) is 7.24. The number of likely N-dealkylation sites (N-methyl/N-ethyl adjacent to an activating group) is 1.